The van der Waals surface area contributed by atoms with Crippen molar-refractivity contribution in [2.45, 2.75) is 26.4 Å². The Bertz CT molecular complexity index is 244. The zero-order chi connectivity index (χ0) is 12.1. The first-order valence-corrected chi connectivity index (χ1v) is 4.59. The lowest BCUT2D eigenvalue weighted by molar-refractivity contribution is -0.138. The summed E-state index contributed by atoms with van der Waals surface area (Å²) in [4.78, 5) is 21.4. The molecule has 0 saturated carbocycles. The van der Waals surface area contributed by atoms with Crippen LogP contribution in [-0.4, -0.2) is 69.5 Å². The van der Waals surface area contributed by atoms with Crippen molar-refractivity contribution in [2.24, 2.45) is 5.41 Å². The van der Waals surface area contributed by atoms with Crippen molar-refractivity contribution < 1.29 is 24.9 Å². The van der Waals surface area contributed by atoms with Crippen LogP contribution in [0, 0.1) is 5.41 Å². The molecule has 90 valence electrons. The van der Waals surface area contributed by atoms with Gasteiger partial charge in [-0.2, -0.15) is 0 Å². The summed E-state index contributed by atoms with van der Waals surface area (Å²) >= 11 is 0. The molecule has 0 aromatic rings. The maximum Gasteiger partial charge on any atom is 0.305 e. The maximum absolute atomic E-state index is 11.3. The van der Waals surface area contributed by atoms with Crippen LogP contribution >= 0.6 is 0 Å². The highest BCUT2D eigenvalue weighted by Crippen LogP contribution is 2.19. The lowest BCUT2D eigenvalue weighted by atomic mass is 9.87. The number of carboxylic acids is 1. The largest absolute Gasteiger partial charge is 0.481 e. The van der Waals surface area contributed by atoms with Crippen LogP contribution < -0.4 is 5.32 Å². The van der Waals surface area contributed by atoms with Gasteiger partial charge in [0.1, 0.15) is 6.10 Å². The molecule has 1 amide bonds. The van der Waals surface area contributed by atoms with Crippen molar-refractivity contribution in [3.05, 3.63) is 0 Å². The average molecular weight is 244 g/mol. The zero-order valence-corrected chi connectivity index (χ0v) is 11.0. The van der Waals surface area contributed by atoms with Crippen LogP contribution in [0.3, 0.4) is 0 Å². The van der Waals surface area contributed by atoms with Gasteiger partial charge in [0.2, 0.25) is 5.91 Å². The number of nitrogens with one attached hydrogen (secondary N) is 1. The van der Waals surface area contributed by atoms with Crippen molar-refractivity contribution in [3.63, 3.8) is 0 Å². The monoisotopic (exact) mass is 243 g/mol. The molecule has 0 aromatic heterocycles. The Hall–Kier alpha value is -0.374. The van der Waals surface area contributed by atoms with E-state index in [0.717, 1.165) is 0 Å². The number of carbonyl (C=O) groups is 2. The molecular formula is C9H17MgNO5. The van der Waals surface area contributed by atoms with E-state index in [1.807, 2.05) is 0 Å². The van der Waals surface area contributed by atoms with Gasteiger partial charge in [-0.25, -0.2) is 0 Å². The molecule has 0 aliphatic rings. The molecule has 2 radical (unpaired) electrons. The third-order valence-corrected chi connectivity index (χ3v) is 2.03. The van der Waals surface area contributed by atoms with E-state index >= 15 is 0 Å². The molecule has 0 heterocycles. The lowest BCUT2D eigenvalue weighted by Crippen LogP contribution is -2.45. The molecule has 0 fully saturated rings. The van der Waals surface area contributed by atoms with E-state index in [0.29, 0.717) is 0 Å². The van der Waals surface area contributed by atoms with E-state index < -0.39 is 23.4 Å². The second kappa shape index (κ2) is 7.83. The fourth-order valence-electron chi connectivity index (χ4n) is 0.831. The summed E-state index contributed by atoms with van der Waals surface area (Å²) in [5.41, 5.74) is -0.937. The van der Waals surface area contributed by atoms with Gasteiger partial charge in [-0.3, -0.25) is 9.59 Å². The van der Waals surface area contributed by atoms with Gasteiger partial charge in [-0.15, -0.1) is 0 Å². The standard InChI is InChI=1S/C9H17NO5.Mg/c1-9(2,5-11)7(14)8(15)10-4-3-6(12)13;/h7,11,14H,3-5H2,1-2H3,(H,10,15)(H,12,13);/t7-;/m1./s1. The molecule has 0 aliphatic carbocycles. The number of carbonyl (C=O) groups excluding carboxylic acids is 1. The summed E-state index contributed by atoms with van der Waals surface area (Å²) < 4.78 is 0. The van der Waals surface area contributed by atoms with E-state index in [2.05, 4.69) is 5.32 Å². The minimum atomic E-state index is -1.35. The zero-order valence-electron chi connectivity index (χ0n) is 9.56. The minimum absolute atomic E-state index is 0. The molecule has 0 unspecified atom stereocenters. The van der Waals surface area contributed by atoms with Gasteiger partial charge in [0.05, 0.1) is 13.0 Å². The molecule has 16 heavy (non-hydrogen) atoms. The van der Waals surface area contributed by atoms with Crippen molar-refractivity contribution in [3.8, 4) is 0 Å². The van der Waals surface area contributed by atoms with E-state index in [1.165, 1.54) is 13.8 Å². The van der Waals surface area contributed by atoms with Crippen LogP contribution in [0.1, 0.15) is 20.3 Å². The van der Waals surface area contributed by atoms with E-state index in [4.69, 9.17) is 10.2 Å². The number of aliphatic carboxylic acids is 1. The van der Waals surface area contributed by atoms with Crippen molar-refractivity contribution in [1.82, 2.24) is 5.32 Å². The first-order valence-electron chi connectivity index (χ1n) is 4.59. The van der Waals surface area contributed by atoms with Crippen molar-refractivity contribution >= 4 is 34.9 Å². The molecule has 7 heteroatoms. The number of hydrogen-bond acceptors (Lipinski definition) is 4. The van der Waals surface area contributed by atoms with Gasteiger partial charge in [0.25, 0.3) is 0 Å². The van der Waals surface area contributed by atoms with E-state index in [1.54, 1.807) is 0 Å². The number of amides is 1. The Balaban J connectivity index is 0. The Morgan fingerprint density at radius 3 is 2.25 bits per heavy atom. The highest BCUT2D eigenvalue weighted by atomic mass is 24.3. The minimum Gasteiger partial charge on any atom is -0.481 e. The summed E-state index contributed by atoms with van der Waals surface area (Å²) in [5, 5.41) is 29.0. The molecule has 0 bridgehead atoms. The van der Waals surface area contributed by atoms with Crippen LogP contribution in [0.5, 0.6) is 0 Å². The molecule has 0 rings (SSSR count). The second-order valence-electron chi connectivity index (χ2n) is 3.98. The maximum atomic E-state index is 11.3. The summed E-state index contributed by atoms with van der Waals surface area (Å²) in [5.74, 6) is -1.69. The van der Waals surface area contributed by atoms with Gasteiger partial charge in [-0.1, -0.05) is 13.8 Å². The van der Waals surface area contributed by atoms with Crippen molar-refractivity contribution in [2.75, 3.05) is 13.2 Å². The van der Waals surface area contributed by atoms with E-state index in [-0.39, 0.29) is 42.6 Å². The molecule has 1 atom stereocenters. The summed E-state index contributed by atoms with van der Waals surface area (Å²) in [6.45, 7) is 2.70. The Morgan fingerprint density at radius 1 is 1.38 bits per heavy atom. The third-order valence-electron chi connectivity index (χ3n) is 2.03. The lowest BCUT2D eigenvalue weighted by Gasteiger charge is -2.26. The number of hydrogen-bond donors (Lipinski definition) is 4. The van der Waals surface area contributed by atoms with Crippen LogP contribution in [0.25, 0.3) is 0 Å². The number of rotatable bonds is 6. The highest BCUT2D eigenvalue weighted by Gasteiger charge is 2.32. The average Bonchev–Trinajstić information content (AvgIpc) is 2.15. The Labute approximate surface area is 110 Å². The quantitative estimate of drug-likeness (QED) is 0.428. The summed E-state index contributed by atoms with van der Waals surface area (Å²) in [7, 11) is 0. The highest BCUT2D eigenvalue weighted by molar-refractivity contribution is 5.81. The Kier molecular flexibility index (Phi) is 8.81. The number of aliphatic hydroxyl groups is 2. The smallest absolute Gasteiger partial charge is 0.305 e. The molecule has 6 nitrogen and oxygen atoms in total. The van der Waals surface area contributed by atoms with Gasteiger partial charge < -0.3 is 20.6 Å². The molecule has 0 saturated heterocycles. The van der Waals surface area contributed by atoms with Crippen LogP contribution in [0.2, 0.25) is 0 Å². The first-order chi connectivity index (χ1) is 6.81. The SMILES string of the molecule is CC(C)(CO)[C@H](O)C(=O)NCCC(=O)O.[Mg]. The summed E-state index contributed by atoms with van der Waals surface area (Å²) in [6.07, 6.45) is -1.55. The normalized spacial score (nSPS) is 12.5. The van der Waals surface area contributed by atoms with Crippen molar-refractivity contribution in [1.29, 1.82) is 0 Å². The van der Waals surface area contributed by atoms with Crippen LogP contribution in [0.15, 0.2) is 0 Å². The third kappa shape index (κ3) is 6.26. The van der Waals surface area contributed by atoms with Crippen LogP contribution in [-0.2, 0) is 9.59 Å². The van der Waals surface area contributed by atoms with Gasteiger partial charge in [-0.05, 0) is 0 Å². The number of carboxylic acid groups (broad SMARTS) is 1. The van der Waals surface area contributed by atoms with Gasteiger partial charge >= 0.3 is 5.97 Å². The molecule has 4 N–H and O–H groups in total. The first kappa shape index (κ1) is 18.0. The van der Waals surface area contributed by atoms with Crippen LogP contribution in [0.4, 0.5) is 0 Å². The fraction of sp³-hybridized carbons (Fsp3) is 0.778. The molecule has 0 spiro atoms. The molecule has 0 aromatic carbocycles. The fourth-order valence-corrected chi connectivity index (χ4v) is 0.831. The Morgan fingerprint density at radius 2 is 1.88 bits per heavy atom. The predicted octanol–water partition coefficient (Wildman–Crippen LogP) is -1.42. The topological polar surface area (TPSA) is 107 Å². The van der Waals surface area contributed by atoms with Gasteiger partial charge in [0.15, 0.2) is 0 Å². The van der Waals surface area contributed by atoms with Gasteiger partial charge in [0, 0.05) is 35.0 Å². The predicted molar refractivity (Wildman–Crippen MR) is 57.9 cm³/mol. The van der Waals surface area contributed by atoms with E-state index in [9.17, 15) is 14.7 Å². The molecule has 0 aliphatic heterocycles. The second-order valence-corrected chi connectivity index (χ2v) is 3.98. The summed E-state index contributed by atoms with van der Waals surface area (Å²) in [6, 6.07) is 0. The number of aliphatic hydroxyl groups excluding tert-OH is 2. The molecular weight excluding hydrogens is 226 g/mol.